The number of hydrogen-bond acceptors (Lipinski definition) is 6. The molecule has 6 nitrogen and oxygen atoms in total. The Bertz CT molecular complexity index is 1470. The number of allylic oxidation sites excluding steroid dienone is 20. The number of carbonyl (C=O) groups excluding carboxylic acids is 3. The summed E-state index contributed by atoms with van der Waals surface area (Å²) in [6.07, 6.45) is 77.5. The number of carbonyl (C=O) groups is 3. The molecule has 0 bridgehead atoms. The summed E-state index contributed by atoms with van der Waals surface area (Å²) in [5.41, 5.74) is 0. The molecule has 69 heavy (non-hydrogen) atoms. The predicted molar refractivity (Wildman–Crippen MR) is 297 cm³/mol. The highest BCUT2D eigenvalue weighted by molar-refractivity contribution is 5.71. The maximum atomic E-state index is 12.8. The Morgan fingerprint density at radius 2 is 0.565 bits per heavy atom. The second-order valence-corrected chi connectivity index (χ2v) is 18.1. The summed E-state index contributed by atoms with van der Waals surface area (Å²) in [6, 6.07) is 0. The van der Waals surface area contributed by atoms with E-state index in [1.165, 1.54) is 51.4 Å². The molecule has 0 fully saturated rings. The predicted octanol–water partition coefficient (Wildman–Crippen LogP) is 18.9. The molecule has 0 saturated carbocycles. The van der Waals surface area contributed by atoms with Gasteiger partial charge in [0.15, 0.2) is 6.10 Å². The van der Waals surface area contributed by atoms with Crippen LogP contribution < -0.4 is 0 Å². The molecule has 0 radical (unpaired) electrons. The van der Waals surface area contributed by atoms with E-state index in [1.807, 2.05) is 0 Å². The lowest BCUT2D eigenvalue weighted by molar-refractivity contribution is -0.167. The minimum Gasteiger partial charge on any atom is -0.462 e. The van der Waals surface area contributed by atoms with Crippen molar-refractivity contribution >= 4 is 17.9 Å². The molecule has 0 aromatic carbocycles. The van der Waals surface area contributed by atoms with E-state index < -0.39 is 6.10 Å². The van der Waals surface area contributed by atoms with E-state index in [9.17, 15) is 14.4 Å². The topological polar surface area (TPSA) is 78.9 Å². The molecule has 1 atom stereocenters. The number of ether oxygens (including phenoxy) is 3. The van der Waals surface area contributed by atoms with Crippen LogP contribution in [0.3, 0.4) is 0 Å². The number of unbranched alkanes of at least 4 members (excludes halogenated alkanes) is 18. The first-order valence-electron chi connectivity index (χ1n) is 28.0. The Balaban J connectivity index is 4.53. The molecule has 0 unspecified atom stereocenters. The van der Waals surface area contributed by atoms with E-state index in [0.29, 0.717) is 19.3 Å². The van der Waals surface area contributed by atoms with Crippen LogP contribution in [-0.2, 0) is 28.6 Å². The molecule has 390 valence electrons. The van der Waals surface area contributed by atoms with E-state index in [4.69, 9.17) is 14.2 Å². The van der Waals surface area contributed by atoms with Crippen molar-refractivity contribution in [1.82, 2.24) is 0 Å². The van der Waals surface area contributed by atoms with Gasteiger partial charge in [-0.25, -0.2) is 0 Å². The summed E-state index contributed by atoms with van der Waals surface area (Å²) in [5.74, 6) is -0.979. The highest BCUT2D eigenvalue weighted by Gasteiger charge is 2.19. The quantitative estimate of drug-likeness (QED) is 0.0262. The van der Waals surface area contributed by atoms with Gasteiger partial charge in [-0.3, -0.25) is 14.4 Å². The summed E-state index contributed by atoms with van der Waals surface area (Å²) in [4.78, 5) is 38.1. The molecule has 0 aliphatic rings. The zero-order valence-corrected chi connectivity index (χ0v) is 44.5. The standard InChI is InChI=1S/C63H102O6/c1-4-7-10-13-16-19-22-25-28-30-31-33-36-38-41-44-47-50-53-56-62(65)68-59-60(69-63(66)57-54-51-48-45-42-39-34-27-24-21-18-15-12-9-6-3)58-67-61(64)55-52-49-46-43-40-37-35-32-29-26-23-20-17-14-11-8-5-2/h7,10,16-21,25-29,31,33-35,37-38,41,60H,4-6,8-9,11-15,22-24,30,32,36,39-40,42-59H2,1-3H3/b10-7-,19-16-,20-17-,21-18-,28-25-,29-26-,33-31-,34-27-,37-35-,41-38-/t60-/m0/s1. The van der Waals surface area contributed by atoms with E-state index >= 15 is 0 Å². The summed E-state index contributed by atoms with van der Waals surface area (Å²) in [6.45, 7) is 6.40. The molecular weight excluding hydrogens is 853 g/mol. The first-order valence-corrected chi connectivity index (χ1v) is 28.0. The highest BCUT2D eigenvalue weighted by Crippen LogP contribution is 2.13. The van der Waals surface area contributed by atoms with Gasteiger partial charge < -0.3 is 14.2 Å². The van der Waals surface area contributed by atoms with Crippen LogP contribution in [0, 0.1) is 0 Å². The average molecular weight is 956 g/mol. The van der Waals surface area contributed by atoms with Crippen molar-refractivity contribution in [3.8, 4) is 0 Å². The normalized spacial score (nSPS) is 13.0. The van der Waals surface area contributed by atoms with Crippen molar-refractivity contribution in [3.63, 3.8) is 0 Å². The molecule has 0 aliphatic carbocycles. The lowest BCUT2D eigenvalue weighted by atomic mass is 10.1. The maximum Gasteiger partial charge on any atom is 0.306 e. The molecule has 0 N–H and O–H groups in total. The summed E-state index contributed by atoms with van der Waals surface area (Å²) >= 11 is 0. The summed E-state index contributed by atoms with van der Waals surface area (Å²) < 4.78 is 16.8. The third-order valence-electron chi connectivity index (χ3n) is 11.4. The third kappa shape index (κ3) is 54.6. The first-order chi connectivity index (χ1) is 34.0. The van der Waals surface area contributed by atoms with Gasteiger partial charge in [-0.15, -0.1) is 0 Å². The minimum atomic E-state index is -0.813. The Kier molecular flexibility index (Phi) is 53.0. The van der Waals surface area contributed by atoms with E-state index in [0.717, 1.165) is 148 Å². The van der Waals surface area contributed by atoms with Gasteiger partial charge in [-0.05, 0) is 135 Å². The molecule has 0 heterocycles. The van der Waals surface area contributed by atoms with Gasteiger partial charge in [0.2, 0.25) is 0 Å². The fourth-order valence-corrected chi connectivity index (χ4v) is 7.21. The van der Waals surface area contributed by atoms with Crippen molar-refractivity contribution in [2.45, 2.75) is 245 Å². The van der Waals surface area contributed by atoms with Gasteiger partial charge in [-0.2, -0.15) is 0 Å². The first kappa shape index (κ1) is 64.8. The fourth-order valence-electron chi connectivity index (χ4n) is 7.21. The largest absolute Gasteiger partial charge is 0.462 e. The van der Waals surface area contributed by atoms with Crippen LogP contribution >= 0.6 is 0 Å². The Hall–Kier alpha value is -4.19. The number of esters is 3. The van der Waals surface area contributed by atoms with Crippen molar-refractivity contribution in [1.29, 1.82) is 0 Å². The summed E-state index contributed by atoms with van der Waals surface area (Å²) in [5, 5.41) is 0. The SMILES string of the molecule is CC/C=C\C/C=C\C/C=C\C/C=C\C/C=C\CCCCCC(=O)OC[C@H](COC(=O)CCCCCC/C=C\C/C=C\C/C=C\CCCCC)OC(=O)CCCCCCC/C=C\C/C=C\CCCCC. The molecule has 0 aromatic heterocycles. The molecule has 0 aromatic rings. The second kappa shape index (κ2) is 56.4. The van der Waals surface area contributed by atoms with Crippen LogP contribution in [0.2, 0.25) is 0 Å². The van der Waals surface area contributed by atoms with Gasteiger partial charge in [0, 0.05) is 19.3 Å². The number of hydrogen-bond donors (Lipinski definition) is 0. The highest BCUT2D eigenvalue weighted by atomic mass is 16.6. The molecular formula is C63H102O6. The van der Waals surface area contributed by atoms with Crippen LogP contribution in [0.1, 0.15) is 239 Å². The monoisotopic (exact) mass is 955 g/mol. The lowest BCUT2D eigenvalue weighted by Crippen LogP contribution is -2.30. The van der Waals surface area contributed by atoms with Gasteiger partial charge in [0.25, 0.3) is 0 Å². The van der Waals surface area contributed by atoms with Gasteiger partial charge in [-0.1, -0.05) is 206 Å². The van der Waals surface area contributed by atoms with Crippen molar-refractivity contribution < 1.29 is 28.6 Å². The van der Waals surface area contributed by atoms with Gasteiger partial charge in [0.1, 0.15) is 13.2 Å². The Morgan fingerprint density at radius 3 is 0.899 bits per heavy atom. The number of rotatable bonds is 49. The third-order valence-corrected chi connectivity index (χ3v) is 11.4. The zero-order chi connectivity index (χ0) is 50.0. The molecule has 0 spiro atoms. The average Bonchev–Trinajstić information content (AvgIpc) is 3.35. The Labute approximate surface area is 424 Å². The van der Waals surface area contributed by atoms with E-state index in [2.05, 4.69) is 142 Å². The van der Waals surface area contributed by atoms with Crippen molar-refractivity contribution in [2.75, 3.05) is 13.2 Å². The molecule has 6 heteroatoms. The molecule has 0 amide bonds. The van der Waals surface area contributed by atoms with Crippen LogP contribution in [0.15, 0.2) is 122 Å². The second-order valence-electron chi connectivity index (χ2n) is 18.1. The van der Waals surface area contributed by atoms with Crippen molar-refractivity contribution in [3.05, 3.63) is 122 Å². The van der Waals surface area contributed by atoms with Crippen LogP contribution in [-0.4, -0.2) is 37.2 Å². The van der Waals surface area contributed by atoms with E-state index in [-0.39, 0.29) is 31.1 Å². The fraction of sp³-hybridized carbons (Fsp3) is 0.635. The summed E-state index contributed by atoms with van der Waals surface area (Å²) in [7, 11) is 0. The van der Waals surface area contributed by atoms with Gasteiger partial charge in [0.05, 0.1) is 0 Å². The molecule has 0 rings (SSSR count). The van der Waals surface area contributed by atoms with Crippen LogP contribution in [0.5, 0.6) is 0 Å². The van der Waals surface area contributed by atoms with E-state index in [1.54, 1.807) is 0 Å². The van der Waals surface area contributed by atoms with Gasteiger partial charge >= 0.3 is 17.9 Å². The Morgan fingerprint density at radius 1 is 0.304 bits per heavy atom. The smallest absolute Gasteiger partial charge is 0.306 e. The minimum absolute atomic E-state index is 0.109. The lowest BCUT2D eigenvalue weighted by Gasteiger charge is -2.18. The van der Waals surface area contributed by atoms with Crippen LogP contribution in [0.4, 0.5) is 0 Å². The maximum absolute atomic E-state index is 12.8. The molecule has 0 aliphatic heterocycles. The molecule has 0 saturated heterocycles. The van der Waals surface area contributed by atoms with Crippen LogP contribution in [0.25, 0.3) is 0 Å². The zero-order valence-electron chi connectivity index (χ0n) is 44.5. The van der Waals surface area contributed by atoms with Crippen molar-refractivity contribution in [2.24, 2.45) is 0 Å².